The molecule has 0 spiro atoms. The van der Waals surface area contributed by atoms with Crippen LogP contribution in [0.2, 0.25) is 0 Å². The zero-order valence-electron chi connectivity index (χ0n) is 13.0. The summed E-state index contributed by atoms with van der Waals surface area (Å²) < 4.78 is 5.46. The topological polar surface area (TPSA) is 66.8 Å². The number of carboxylic acid groups (broad SMARTS) is 1. The van der Waals surface area contributed by atoms with E-state index in [0.717, 1.165) is 12.8 Å². The van der Waals surface area contributed by atoms with Gasteiger partial charge in [-0.15, -0.1) is 0 Å². The summed E-state index contributed by atoms with van der Waals surface area (Å²) in [6.07, 6.45) is 1.41. The molecule has 1 heterocycles. The van der Waals surface area contributed by atoms with Crippen LogP contribution in [-0.2, 0) is 9.53 Å². The number of carboxylic acids is 1. The molecule has 3 unspecified atom stereocenters. The lowest BCUT2D eigenvalue weighted by atomic mass is 9.49. The van der Waals surface area contributed by atoms with Crippen molar-refractivity contribution < 1.29 is 19.4 Å². The second-order valence-corrected chi connectivity index (χ2v) is 7.56. The SMILES string of the molecule is CC(C)(C)OC(=O)N1CCCC2C(C(=O)O)C(C)(C)C21. The molecule has 0 aromatic carbocycles. The van der Waals surface area contributed by atoms with Gasteiger partial charge < -0.3 is 14.7 Å². The molecule has 1 saturated carbocycles. The van der Waals surface area contributed by atoms with Crippen LogP contribution in [0.4, 0.5) is 4.79 Å². The first-order valence-corrected chi connectivity index (χ1v) is 7.28. The molecule has 1 aliphatic heterocycles. The monoisotopic (exact) mass is 283 g/mol. The molecule has 5 nitrogen and oxygen atoms in total. The van der Waals surface area contributed by atoms with Crippen LogP contribution in [0.25, 0.3) is 0 Å². The van der Waals surface area contributed by atoms with E-state index in [9.17, 15) is 14.7 Å². The summed E-state index contributed by atoms with van der Waals surface area (Å²) in [6, 6.07) is -0.0211. The maximum Gasteiger partial charge on any atom is 0.410 e. The summed E-state index contributed by atoms with van der Waals surface area (Å²) >= 11 is 0. The minimum atomic E-state index is -0.748. The first-order valence-electron chi connectivity index (χ1n) is 7.28. The maximum absolute atomic E-state index is 12.3. The Kier molecular flexibility index (Phi) is 3.51. The normalized spacial score (nSPS) is 32.0. The summed E-state index contributed by atoms with van der Waals surface area (Å²) in [5.74, 6) is -1.05. The third kappa shape index (κ3) is 2.38. The summed E-state index contributed by atoms with van der Waals surface area (Å²) in [6.45, 7) is 10.1. The summed E-state index contributed by atoms with van der Waals surface area (Å²) in [5.41, 5.74) is -0.919. The minimum absolute atomic E-state index is 0.0211. The molecule has 1 amide bonds. The van der Waals surface area contributed by atoms with E-state index in [0.29, 0.717) is 6.54 Å². The van der Waals surface area contributed by atoms with Crippen LogP contribution in [-0.4, -0.2) is 40.3 Å². The highest BCUT2D eigenvalue weighted by Crippen LogP contribution is 2.57. The highest BCUT2D eigenvalue weighted by Gasteiger charge is 2.63. The van der Waals surface area contributed by atoms with E-state index in [1.165, 1.54) is 0 Å². The predicted molar refractivity (Wildman–Crippen MR) is 74.4 cm³/mol. The molecule has 0 aromatic rings. The van der Waals surface area contributed by atoms with E-state index < -0.39 is 17.0 Å². The Morgan fingerprint density at radius 3 is 2.40 bits per heavy atom. The summed E-state index contributed by atoms with van der Waals surface area (Å²) in [4.78, 5) is 25.5. The van der Waals surface area contributed by atoms with Crippen molar-refractivity contribution in [2.24, 2.45) is 17.3 Å². The Labute approximate surface area is 120 Å². The van der Waals surface area contributed by atoms with Gasteiger partial charge in [0.15, 0.2) is 0 Å². The van der Waals surface area contributed by atoms with Crippen LogP contribution in [0.15, 0.2) is 0 Å². The number of rotatable bonds is 1. The van der Waals surface area contributed by atoms with Gasteiger partial charge in [-0.05, 0) is 44.9 Å². The van der Waals surface area contributed by atoms with Crippen molar-refractivity contribution in [3.8, 4) is 0 Å². The van der Waals surface area contributed by atoms with Crippen LogP contribution in [0.1, 0.15) is 47.5 Å². The quantitative estimate of drug-likeness (QED) is 0.803. The van der Waals surface area contributed by atoms with Gasteiger partial charge in [0, 0.05) is 12.6 Å². The first-order chi connectivity index (χ1) is 9.05. The predicted octanol–water partition coefficient (Wildman–Crippen LogP) is 2.74. The molecule has 0 radical (unpaired) electrons. The molecule has 0 aromatic heterocycles. The number of likely N-dealkylation sites (tertiary alicyclic amines) is 1. The number of aliphatic carboxylic acids is 1. The molecular formula is C15H25NO4. The molecule has 5 heteroatoms. The number of piperidine rings is 1. The number of carbonyl (C=O) groups excluding carboxylic acids is 1. The van der Waals surface area contributed by atoms with Crippen molar-refractivity contribution in [1.29, 1.82) is 0 Å². The molecule has 2 fully saturated rings. The fourth-order valence-electron chi connectivity index (χ4n) is 3.97. The van der Waals surface area contributed by atoms with Gasteiger partial charge in [0.1, 0.15) is 5.60 Å². The van der Waals surface area contributed by atoms with Crippen molar-refractivity contribution in [2.75, 3.05) is 6.54 Å². The van der Waals surface area contributed by atoms with E-state index in [4.69, 9.17) is 4.74 Å². The molecular weight excluding hydrogens is 258 g/mol. The molecule has 114 valence electrons. The van der Waals surface area contributed by atoms with E-state index in [-0.39, 0.29) is 24.0 Å². The molecule has 1 N–H and O–H groups in total. The Balaban J connectivity index is 2.17. The van der Waals surface area contributed by atoms with Crippen molar-refractivity contribution in [1.82, 2.24) is 4.90 Å². The summed E-state index contributed by atoms with van der Waals surface area (Å²) in [7, 11) is 0. The number of fused-ring (bicyclic) bond motifs is 1. The van der Waals surface area contributed by atoms with Gasteiger partial charge in [-0.3, -0.25) is 4.79 Å². The average Bonchev–Trinajstić information content (AvgIpc) is 2.24. The fraction of sp³-hybridized carbons (Fsp3) is 0.867. The number of carbonyl (C=O) groups is 2. The lowest BCUT2D eigenvalue weighted by Crippen LogP contribution is -2.70. The standard InChI is InChI=1S/C15H25NO4/c1-14(2,3)20-13(19)16-8-6-7-9-10(12(17)18)15(4,5)11(9)16/h9-11H,6-8H2,1-5H3,(H,17,18). The van der Waals surface area contributed by atoms with Crippen molar-refractivity contribution in [3.05, 3.63) is 0 Å². The zero-order chi connectivity index (χ0) is 15.3. The highest BCUT2D eigenvalue weighted by molar-refractivity contribution is 5.75. The van der Waals surface area contributed by atoms with Crippen molar-refractivity contribution in [3.63, 3.8) is 0 Å². The second kappa shape index (κ2) is 4.64. The van der Waals surface area contributed by atoms with Crippen molar-refractivity contribution in [2.45, 2.75) is 59.1 Å². The Morgan fingerprint density at radius 1 is 1.30 bits per heavy atom. The van der Waals surface area contributed by atoms with E-state index >= 15 is 0 Å². The van der Waals surface area contributed by atoms with E-state index in [1.54, 1.807) is 4.90 Å². The highest BCUT2D eigenvalue weighted by atomic mass is 16.6. The lowest BCUT2D eigenvalue weighted by Gasteiger charge is -2.62. The van der Waals surface area contributed by atoms with Gasteiger partial charge in [-0.1, -0.05) is 13.8 Å². The van der Waals surface area contributed by atoms with E-state index in [2.05, 4.69) is 0 Å². The fourth-order valence-corrected chi connectivity index (χ4v) is 3.97. The van der Waals surface area contributed by atoms with Crippen LogP contribution in [0.3, 0.4) is 0 Å². The molecule has 2 rings (SSSR count). The number of ether oxygens (including phenoxy) is 1. The van der Waals surface area contributed by atoms with Crippen LogP contribution in [0, 0.1) is 17.3 Å². The smallest absolute Gasteiger partial charge is 0.410 e. The Hall–Kier alpha value is -1.26. The molecule has 1 aliphatic carbocycles. The first kappa shape index (κ1) is 15.1. The third-order valence-corrected chi connectivity index (χ3v) is 4.56. The largest absolute Gasteiger partial charge is 0.481 e. The molecule has 20 heavy (non-hydrogen) atoms. The summed E-state index contributed by atoms with van der Waals surface area (Å²) in [5, 5.41) is 9.38. The number of nitrogens with zero attached hydrogens (tertiary/aromatic N) is 1. The number of amides is 1. The van der Waals surface area contributed by atoms with Gasteiger partial charge >= 0.3 is 12.1 Å². The minimum Gasteiger partial charge on any atom is -0.481 e. The lowest BCUT2D eigenvalue weighted by molar-refractivity contribution is -0.183. The van der Waals surface area contributed by atoms with Gasteiger partial charge in [0.05, 0.1) is 5.92 Å². The molecule has 2 aliphatic rings. The third-order valence-electron chi connectivity index (χ3n) is 4.56. The average molecular weight is 283 g/mol. The number of hydrogen-bond acceptors (Lipinski definition) is 3. The van der Waals surface area contributed by atoms with Crippen LogP contribution in [0.5, 0.6) is 0 Å². The second-order valence-electron chi connectivity index (χ2n) is 7.56. The van der Waals surface area contributed by atoms with Crippen molar-refractivity contribution >= 4 is 12.1 Å². The van der Waals surface area contributed by atoms with Crippen LogP contribution < -0.4 is 0 Å². The Morgan fingerprint density at radius 2 is 1.90 bits per heavy atom. The van der Waals surface area contributed by atoms with Gasteiger partial charge in [-0.2, -0.15) is 0 Å². The maximum atomic E-state index is 12.3. The zero-order valence-corrected chi connectivity index (χ0v) is 13.0. The molecule has 3 atom stereocenters. The van der Waals surface area contributed by atoms with Crippen LogP contribution >= 0.6 is 0 Å². The molecule has 1 saturated heterocycles. The van der Waals surface area contributed by atoms with Gasteiger partial charge in [-0.25, -0.2) is 4.79 Å². The molecule has 0 bridgehead atoms. The van der Waals surface area contributed by atoms with Gasteiger partial charge in [0.2, 0.25) is 0 Å². The number of hydrogen-bond donors (Lipinski definition) is 1. The Bertz CT molecular complexity index is 424. The van der Waals surface area contributed by atoms with Gasteiger partial charge in [0.25, 0.3) is 0 Å². The van der Waals surface area contributed by atoms with E-state index in [1.807, 2.05) is 34.6 Å².